The molecule has 2 heterocycles. The summed E-state index contributed by atoms with van der Waals surface area (Å²) in [5.74, 6) is 1.67. The molecule has 0 aliphatic carbocycles. The summed E-state index contributed by atoms with van der Waals surface area (Å²) in [4.78, 5) is 26.7. The molecule has 0 bridgehead atoms. The number of ether oxygens (including phenoxy) is 1. The van der Waals surface area contributed by atoms with Gasteiger partial charge in [0.2, 0.25) is 5.91 Å². The van der Waals surface area contributed by atoms with Gasteiger partial charge in [-0.1, -0.05) is 30.3 Å². The van der Waals surface area contributed by atoms with Gasteiger partial charge >= 0.3 is 0 Å². The van der Waals surface area contributed by atoms with Crippen molar-refractivity contribution in [2.24, 2.45) is 5.92 Å². The summed E-state index contributed by atoms with van der Waals surface area (Å²) in [5, 5.41) is 3.01. The number of carbonyl (C=O) groups excluding carboxylic acids is 2. The van der Waals surface area contributed by atoms with Crippen LogP contribution in [0.3, 0.4) is 0 Å². The summed E-state index contributed by atoms with van der Waals surface area (Å²) in [6.07, 6.45) is 2.79. The molecule has 0 saturated carbocycles. The van der Waals surface area contributed by atoms with E-state index in [9.17, 15) is 9.59 Å². The molecule has 4 rings (SSSR count). The largest absolute Gasteiger partial charge is 0.459 e. The first kappa shape index (κ1) is 19.8. The molecule has 3 aromatic rings. The maximum atomic E-state index is 12.6. The lowest BCUT2D eigenvalue weighted by Crippen LogP contribution is -2.42. The molecule has 6 heteroatoms. The van der Waals surface area contributed by atoms with Crippen molar-refractivity contribution < 1.29 is 18.7 Å². The van der Waals surface area contributed by atoms with Gasteiger partial charge in [0.15, 0.2) is 5.76 Å². The third kappa shape index (κ3) is 4.89. The first-order valence-corrected chi connectivity index (χ1v) is 10.1. The fraction of sp³-hybridized carbons (Fsp3) is 0.250. The number of para-hydroxylation sites is 1. The molecule has 1 aromatic heterocycles. The highest BCUT2D eigenvalue weighted by Crippen LogP contribution is 2.23. The molecule has 0 atom stereocenters. The van der Waals surface area contributed by atoms with Crippen LogP contribution >= 0.6 is 0 Å². The molecule has 2 amide bonds. The highest BCUT2D eigenvalue weighted by atomic mass is 16.5. The lowest BCUT2D eigenvalue weighted by molar-refractivity contribution is -0.126. The summed E-state index contributed by atoms with van der Waals surface area (Å²) in [6.45, 7) is 1.55. The van der Waals surface area contributed by atoms with Gasteiger partial charge in [-0.05, 0) is 54.8 Å². The number of nitrogens with one attached hydrogen (secondary N) is 1. The van der Waals surface area contributed by atoms with Crippen molar-refractivity contribution in [1.29, 1.82) is 0 Å². The van der Waals surface area contributed by atoms with E-state index in [1.807, 2.05) is 54.6 Å². The minimum atomic E-state index is -0.117. The Balaban J connectivity index is 1.26. The van der Waals surface area contributed by atoms with E-state index in [0.717, 1.165) is 17.1 Å². The number of nitrogens with zero attached hydrogens (tertiary/aromatic N) is 1. The van der Waals surface area contributed by atoms with Gasteiger partial charge in [-0.15, -0.1) is 0 Å². The maximum absolute atomic E-state index is 12.6. The standard InChI is InChI=1S/C24H24N2O4/c27-23(19-11-13-26(14-12-19)24(28)22-10-5-15-29-22)25-17-18-6-4-9-21(16-18)30-20-7-2-1-3-8-20/h1-10,15-16,19H,11-14,17H2,(H,25,27). The van der Waals surface area contributed by atoms with Crippen molar-refractivity contribution in [2.75, 3.05) is 13.1 Å². The molecule has 1 aliphatic heterocycles. The summed E-state index contributed by atoms with van der Waals surface area (Å²) in [7, 11) is 0. The van der Waals surface area contributed by atoms with Crippen LogP contribution in [-0.4, -0.2) is 29.8 Å². The van der Waals surface area contributed by atoms with Crippen molar-refractivity contribution in [3.63, 3.8) is 0 Å². The van der Waals surface area contributed by atoms with Crippen LogP contribution in [0.5, 0.6) is 11.5 Å². The van der Waals surface area contributed by atoms with Gasteiger partial charge in [0.25, 0.3) is 5.91 Å². The van der Waals surface area contributed by atoms with E-state index < -0.39 is 0 Å². The second-order valence-electron chi connectivity index (χ2n) is 7.32. The van der Waals surface area contributed by atoms with Crippen molar-refractivity contribution in [3.8, 4) is 11.5 Å². The number of likely N-dealkylation sites (tertiary alicyclic amines) is 1. The summed E-state index contributed by atoms with van der Waals surface area (Å²) in [5.41, 5.74) is 0.974. The molecule has 0 spiro atoms. The van der Waals surface area contributed by atoms with Crippen LogP contribution in [0.1, 0.15) is 29.0 Å². The number of hydrogen-bond acceptors (Lipinski definition) is 4. The minimum absolute atomic E-state index is 0.0227. The van der Waals surface area contributed by atoms with Crippen molar-refractivity contribution in [1.82, 2.24) is 10.2 Å². The zero-order valence-corrected chi connectivity index (χ0v) is 16.6. The SMILES string of the molecule is O=C(NCc1cccc(Oc2ccccc2)c1)C1CCN(C(=O)c2ccco2)CC1. The zero-order chi connectivity index (χ0) is 20.8. The zero-order valence-electron chi connectivity index (χ0n) is 16.6. The van der Waals surface area contributed by atoms with E-state index in [4.69, 9.17) is 9.15 Å². The van der Waals surface area contributed by atoms with E-state index in [1.165, 1.54) is 6.26 Å². The fourth-order valence-corrected chi connectivity index (χ4v) is 3.58. The van der Waals surface area contributed by atoms with E-state index in [-0.39, 0.29) is 17.7 Å². The Bertz CT molecular complexity index is 977. The second kappa shape index (κ2) is 9.31. The fourth-order valence-electron chi connectivity index (χ4n) is 3.58. The third-order valence-corrected chi connectivity index (χ3v) is 5.23. The Morgan fingerprint density at radius 2 is 1.73 bits per heavy atom. The van der Waals surface area contributed by atoms with Gasteiger partial charge in [-0.2, -0.15) is 0 Å². The van der Waals surface area contributed by atoms with Gasteiger partial charge in [0.05, 0.1) is 6.26 Å². The maximum Gasteiger partial charge on any atom is 0.289 e. The van der Waals surface area contributed by atoms with Crippen LogP contribution in [0.2, 0.25) is 0 Å². The number of piperidine rings is 1. The van der Waals surface area contributed by atoms with Crippen molar-refractivity contribution in [3.05, 3.63) is 84.3 Å². The van der Waals surface area contributed by atoms with Gasteiger partial charge in [0.1, 0.15) is 11.5 Å². The Labute approximate surface area is 175 Å². The number of benzene rings is 2. The molecular weight excluding hydrogens is 380 g/mol. The smallest absolute Gasteiger partial charge is 0.289 e. The van der Waals surface area contributed by atoms with Crippen molar-refractivity contribution >= 4 is 11.8 Å². The average molecular weight is 404 g/mol. The predicted octanol–water partition coefficient (Wildman–Crippen LogP) is 4.24. The normalized spacial score (nSPS) is 14.3. The summed E-state index contributed by atoms with van der Waals surface area (Å²) < 4.78 is 11.0. The molecule has 6 nitrogen and oxygen atoms in total. The topological polar surface area (TPSA) is 71.8 Å². The molecule has 2 aromatic carbocycles. The van der Waals surface area contributed by atoms with Crippen LogP contribution in [0.15, 0.2) is 77.4 Å². The second-order valence-corrected chi connectivity index (χ2v) is 7.32. The first-order valence-electron chi connectivity index (χ1n) is 10.1. The molecule has 0 unspecified atom stereocenters. The lowest BCUT2D eigenvalue weighted by Gasteiger charge is -2.30. The highest BCUT2D eigenvalue weighted by Gasteiger charge is 2.28. The van der Waals surface area contributed by atoms with Crippen LogP contribution in [-0.2, 0) is 11.3 Å². The Morgan fingerprint density at radius 3 is 2.47 bits per heavy atom. The Kier molecular flexibility index (Phi) is 6.13. The first-order chi connectivity index (χ1) is 14.7. The Hall–Kier alpha value is -3.54. The van der Waals surface area contributed by atoms with E-state index in [1.54, 1.807) is 17.0 Å². The summed E-state index contributed by atoms with van der Waals surface area (Å²) in [6, 6.07) is 20.7. The van der Waals surface area contributed by atoms with Gasteiger partial charge in [0, 0.05) is 25.6 Å². The average Bonchev–Trinajstić information content (AvgIpc) is 3.33. The molecule has 1 aliphatic rings. The van der Waals surface area contributed by atoms with Gasteiger partial charge in [-0.25, -0.2) is 0 Å². The predicted molar refractivity (Wildman–Crippen MR) is 112 cm³/mol. The number of carbonyl (C=O) groups is 2. The number of rotatable bonds is 6. The number of amides is 2. The van der Waals surface area contributed by atoms with Crippen LogP contribution < -0.4 is 10.1 Å². The van der Waals surface area contributed by atoms with Crippen LogP contribution in [0.25, 0.3) is 0 Å². The Morgan fingerprint density at radius 1 is 0.967 bits per heavy atom. The molecule has 1 N–H and O–H groups in total. The molecule has 30 heavy (non-hydrogen) atoms. The van der Waals surface area contributed by atoms with Crippen molar-refractivity contribution in [2.45, 2.75) is 19.4 Å². The molecule has 0 radical (unpaired) electrons. The minimum Gasteiger partial charge on any atom is -0.459 e. The monoisotopic (exact) mass is 404 g/mol. The quantitative estimate of drug-likeness (QED) is 0.667. The van der Waals surface area contributed by atoms with Crippen LogP contribution in [0, 0.1) is 5.92 Å². The lowest BCUT2D eigenvalue weighted by atomic mass is 9.95. The molecule has 154 valence electrons. The highest BCUT2D eigenvalue weighted by molar-refractivity contribution is 5.91. The van der Waals surface area contributed by atoms with E-state index >= 15 is 0 Å². The molecule has 1 saturated heterocycles. The third-order valence-electron chi connectivity index (χ3n) is 5.23. The molecular formula is C24H24N2O4. The van der Waals surface area contributed by atoms with Gasteiger partial charge in [-0.3, -0.25) is 9.59 Å². The summed E-state index contributed by atoms with van der Waals surface area (Å²) >= 11 is 0. The van der Waals surface area contributed by atoms with E-state index in [0.29, 0.717) is 38.2 Å². The number of hydrogen-bond donors (Lipinski definition) is 1. The van der Waals surface area contributed by atoms with E-state index in [2.05, 4.69) is 5.32 Å². The van der Waals surface area contributed by atoms with Crippen LogP contribution in [0.4, 0.5) is 0 Å². The number of furan rings is 1. The molecule has 1 fully saturated rings. The van der Waals surface area contributed by atoms with Gasteiger partial charge < -0.3 is 19.4 Å².